The molecule has 1 aliphatic rings. The fraction of sp³-hybridized carbons (Fsp3) is 0.292. The van der Waals surface area contributed by atoms with E-state index in [0.29, 0.717) is 30.9 Å². The number of rotatable bonds is 6. The fourth-order valence-corrected chi connectivity index (χ4v) is 5.00. The van der Waals surface area contributed by atoms with Gasteiger partial charge < -0.3 is 10.6 Å². The predicted octanol–water partition coefficient (Wildman–Crippen LogP) is 4.62. The maximum atomic E-state index is 12.7. The average molecular weight is 489 g/mol. The summed E-state index contributed by atoms with van der Waals surface area (Å²) in [7, 11) is 0. The molecule has 0 bridgehead atoms. The molecule has 0 spiro atoms. The zero-order valence-electron chi connectivity index (χ0n) is 18.5. The molecule has 0 amide bonds. The molecule has 2 heterocycles. The van der Waals surface area contributed by atoms with Gasteiger partial charge in [0.05, 0.1) is 12.2 Å². The Kier molecular flexibility index (Phi) is 6.30. The lowest BCUT2D eigenvalue weighted by Gasteiger charge is -2.34. The summed E-state index contributed by atoms with van der Waals surface area (Å²) in [6.45, 7) is 4.52. The van der Waals surface area contributed by atoms with E-state index in [0.717, 1.165) is 16.5 Å². The first-order valence-electron chi connectivity index (χ1n) is 10.5. The highest BCUT2D eigenvalue weighted by atomic mass is 32.2. The molecular formula is C24H23F3N4O2S. The number of pyridine rings is 1. The third-order valence-electron chi connectivity index (χ3n) is 6.12. The van der Waals surface area contributed by atoms with Crippen molar-refractivity contribution in [1.82, 2.24) is 9.88 Å². The van der Waals surface area contributed by atoms with Crippen LogP contribution < -0.4 is 10.6 Å². The zero-order valence-corrected chi connectivity index (χ0v) is 19.4. The van der Waals surface area contributed by atoms with E-state index in [2.05, 4.69) is 9.88 Å². The minimum absolute atomic E-state index is 0.0469. The van der Waals surface area contributed by atoms with E-state index >= 15 is 0 Å². The fourth-order valence-electron chi connectivity index (χ4n) is 4.46. The second kappa shape index (κ2) is 8.92. The molecule has 4 rings (SSSR count). The van der Waals surface area contributed by atoms with Gasteiger partial charge >= 0.3 is 5.51 Å². The van der Waals surface area contributed by atoms with Crippen molar-refractivity contribution in [1.29, 1.82) is 0 Å². The minimum Gasteiger partial charge on any atom is -0.399 e. The number of halogens is 3. The Bertz CT molecular complexity index is 1230. The smallest absolute Gasteiger partial charge is 0.399 e. The number of hydrogen-bond donors (Lipinski definition) is 1. The van der Waals surface area contributed by atoms with E-state index in [4.69, 9.17) is 5.73 Å². The van der Waals surface area contributed by atoms with Crippen molar-refractivity contribution in [3.63, 3.8) is 0 Å². The van der Waals surface area contributed by atoms with Crippen molar-refractivity contribution in [2.24, 2.45) is 0 Å². The summed E-state index contributed by atoms with van der Waals surface area (Å²) in [6.07, 6.45) is 2.01. The number of Topliss-reactive ketones (excluding diaryl/α,β-unsaturated/α-hetero) is 1. The van der Waals surface area contributed by atoms with Gasteiger partial charge in [0.25, 0.3) is 0 Å². The van der Waals surface area contributed by atoms with Gasteiger partial charge in [0.2, 0.25) is 5.78 Å². The van der Waals surface area contributed by atoms with Crippen LogP contribution >= 0.6 is 11.8 Å². The average Bonchev–Trinajstić information content (AvgIpc) is 3.03. The lowest BCUT2D eigenvalue weighted by atomic mass is 9.90. The number of anilines is 2. The molecule has 10 heteroatoms. The lowest BCUT2D eigenvalue weighted by molar-refractivity contribution is -0.131. The molecule has 0 saturated carbocycles. The van der Waals surface area contributed by atoms with Crippen LogP contribution in [0.1, 0.15) is 19.4 Å². The van der Waals surface area contributed by atoms with Gasteiger partial charge in [0.15, 0.2) is 6.29 Å². The maximum absolute atomic E-state index is 12.7. The van der Waals surface area contributed by atoms with Crippen molar-refractivity contribution >= 4 is 46.1 Å². The van der Waals surface area contributed by atoms with Gasteiger partial charge in [-0.25, -0.2) is 0 Å². The Morgan fingerprint density at radius 1 is 1.21 bits per heavy atom. The quantitative estimate of drug-likeness (QED) is 0.235. The molecule has 0 aliphatic carbocycles. The van der Waals surface area contributed by atoms with E-state index in [-0.39, 0.29) is 16.7 Å². The first-order chi connectivity index (χ1) is 16.0. The second-order valence-corrected chi connectivity index (χ2v) is 9.81. The van der Waals surface area contributed by atoms with Crippen LogP contribution in [0.4, 0.5) is 24.5 Å². The van der Waals surface area contributed by atoms with E-state index < -0.39 is 22.9 Å². The van der Waals surface area contributed by atoms with Gasteiger partial charge in [-0.3, -0.25) is 19.5 Å². The van der Waals surface area contributed by atoms with Crippen LogP contribution in [-0.4, -0.2) is 45.7 Å². The Hall–Kier alpha value is -3.11. The van der Waals surface area contributed by atoms with Gasteiger partial charge in [0.1, 0.15) is 6.04 Å². The molecular weight excluding hydrogens is 465 g/mol. The van der Waals surface area contributed by atoms with E-state index in [9.17, 15) is 22.8 Å². The van der Waals surface area contributed by atoms with E-state index in [1.807, 2.05) is 32.0 Å². The number of nitrogen functional groups attached to an aromatic ring is 1. The third-order valence-corrected chi connectivity index (χ3v) is 6.86. The highest BCUT2D eigenvalue weighted by molar-refractivity contribution is 8.00. The highest BCUT2D eigenvalue weighted by Crippen LogP contribution is 2.40. The molecule has 34 heavy (non-hydrogen) atoms. The maximum Gasteiger partial charge on any atom is 0.446 e. The molecule has 2 N–H and O–H groups in total. The molecule has 178 valence electrons. The van der Waals surface area contributed by atoms with E-state index in [1.54, 1.807) is 29.3 Å². The summed E-state index contributed by atoms with van der Waals surface area (Å²) in [4.78, 5) is 32.5. The summed E-state index contributed by atoms with van der Waals surface area (Å²) < 4.78 is 38.1. The number of carbonyl (C=O) groups excluding carboxylic acids is 2. The first kappa shape index (κ1) is 24.0. The van der Waals surface area contributed by atoms with Gasteiger partial charge in [-0.05, 0) is 79.7 Å². The largest absolute Gasteiger partial charge is 0.446 e. The van der Waals surface area contributed by atoms with Gasteiger partial charge in [-0.1, -0.05) is 0 Å². The van der Waals surface area contributed by atoms with Crippen LogP contribution in [0.15, 0.2) is 59.6 Å². The van der Waals surface area contributed by atoms with Crippen LogP contribution in [-0.2, 0) is 16.1 Å². The Balaban J connectivity index is 1.68. The molecule has 3 aromatic rings. The van der Waals surface area contributed by atoms with Crippen LogP contribution in [0, 0.1) is 0 Å². The molecule has 1 unspecified atom stereocenters. The topological polar surface area (TPSA) is 79.5 Å². The number of ketones is 1. The van der Waals surface area contributed by atoms with Crippen molar-refractivity contribution in [3.05, 3.63) is 60.3 Å². The molecule has 1 fully saturated rings. The number of hydrogen-bond acceptors (Lipinski definition) is 7. The zero-order chi connectivity index (χ0) is 24.7. The normalized spacial score (nSPS) is 18.4. The second-order valence-electron chi connectivity index (χ2n) is 8.67. The number of fused-ring (bicyclic) bond motifs is 1. The monoisotopic (exact) mass is 488 g/mol. The SMILES string of the molecule is CC1(C)C(C(=O)C=O)N(c2ccc(SC(F)(F)F)cc2)CN1Cc1ccnc2ccc(N)cc12. The number of carbonyl (C=O) groups is 2. The van der Waals surface area contributed by atoms with Crippen LogP contribution in [0.25, 0.3) is 10.9 Å². The van der Waals surface area contributed by atoms with Crippen molar-refractivity contribution in [2.75, 3.05) is 17.3 Å². The standard InChI is InChI=1S/C24H23F3N4O2S/c1-23(2)22(21(33)13-32)31(17-4-6-18(7-5-17)34-24(25,26)27)14-30(23)12-15-9-10-29-20-8-3-16(28)11-19(15)20/h3-11,13,22H,12,14,28H2,1-2H3. The molecule has 1 aliphatic heterocycles. The van der Waals surface area contributed by atoms with Gasteiger partial charge in [-0.15, -0.1) is 0 Å². The molecule has 1 saturated heterocycles. The number of aromatic nitrogens is 1. The van der Waals surface area contributed by atoms with Crippen LogP contribution in [0.3, 0.4) is 0 Å². The number of alkyl halides is 3. The Morgan fingerprint density at radius 2 is 1.91 bits per heavy atom. The first-order valence-corrected chi connectivity index (χ1v) is 11.3. The Labute approximate surface area is 198 Å². The summed E-state index contributed by atoms with van der Waals surface area (Å²) in [5.74, 6) is -0.593. The van der Waals surface area contributed by atoms with E-state index in [1.165, 1.54) is 12.1 Å². The highest BCUT2D eigenvalue weighted by Gasteiger charge is 2.50. The summed E-state index contributed by atoms with van der Waals surface area (Å²) in [5.41, 5.74) is 3.76. The number of benzene rings is 2. The minimum atomic E-state index is -4.39. The third kappa shape index (κ3) is 4.74. The molecule has 2 aromatic carbocycles. The van der Waals surface area contributed by atoms with Crippen molar-refractivity contribution in [2.45, 2.75) is 42.4 Å². The van der Waals surface area contributed by atoms with Gasteiger partial charge in [0, 0.05) is 39.9 Å². The van der Waals surface area contributed by atoms with Crippen LogP contribution in [0.5, 0.6) is 0 Å². The van der Waals surface area contributed by atoms with Crippen molar-refractivity contribution in [3.8, 4) is 0 Å². The molecule has 1 aromatic heterocycles. The number of nitrogens with two attached hydrogens (primary N) is 1. The number of aldehydes is 1. The summed E-state index contributed by atoms with van der Waals surface area (Å²) in [5, 5.41) is 0.892. The molecule has 0 radical (unpaired) electrons. The summed E-state index contributed by atoms with van der Waals surface area (Å²) in [6, 6.07) is 12.4. The summed E-state index contributed by atoms with van der Waals surface area (Å²) >= 11 is -0.200. The Morgan fingerprint density at radius 3 is 2.56 bits per heavy atom. The molecule has 6 nitrogen and oxygen atoms in total. The predicted molar refractivity (Wildman–Crippen MR) is 126 cm³/mol. The van der Waals surface area contributed by atoms with Crippen LogP contribution in [0.2, 0.25) is 0 Å². The lowest BCUT2D eigenvalue weighted by Crippen LogP contribution is -2.51. The van der Waals surface area contributed by atoms with Gasteiger partial charge in [-0.2, -0.15) is 13.2 Å². The number of nitrogens with zero attached hydrogens (tertiary/aromatic N) is 3. The molecule has 1 atom stereocenters. The van der Waals surface area contributed by atoms with Crippen molar-refractivity contribution < 1.29 is 22.8 Å². The number of thioether (sulfide) groups is 1.